The topological polar surface area (TPSA) is 56.2 Å². The Morgan fingerprint density at radius 1 is 1.39 bits per heavy atom. The Bertz CT molecular complexity index is 592. The molecule has 0 atom stereocenters. The molecule has 0 saturated heterocycles. The number of alkyl halides is 1. The molecule has 1 heterocycles. The lowest BCUT2D eigenvalue weighted by molar-refractivity contribution is 0.881. The summed E-state index contributed by atoms with van der Waals surface area (Å²) in [6.07, 6.45) is 3.20. The Morgan fingerprint density at radius 2 is 2.17 bits per heavy atom. The minimum absolute atomic E-state index is 0.175. The van der Waals surface area contributed by atoms with E-state index >= 15 is 0 Å². The highest BCUT2D eigenvalue weighted by Crippen LogP contribution is 2.26. The fourth-order valence-electron chi connectivity index (χ4n) is 1.38. The summed E-state index contributed by atoms with van der Waals surface area (Å²) >= 11 is 17.5. The molecule has 0 aliphatic rings. The zero-order valence-corrected chi connectivity index (χ0v) is 11.4. The SMILES string of the molecule is NC(CCl)=Nc1ccc(-n2cc(Cl)cn2)c(Cl)c1. The van der Waals surface area contributed by atoms with Crippen molar-refractivity contribution in [1.29, 1.82) is 0 Å². The number of benzene rings is 1. The second kappa shape index (κ2) is 5.61. The first kappa shape index (κ1) is 13.2. The molecule has 2 aromatic rings. The standard InChI is InChI=1S/C11H9Cl3N4/c12-4-11(15)17-8-1-2-10(9(14)3-8)18-6-7(13)5-16-18/h1-3,5-6H,4H2,(H2,15,17). The van der Waals surface area contributed by atoms with E-state index < -0.39 is 0 Å². The lowest BCUT2D eigenvalue weighted by atomic mass is 10.3. The Balaban J connectivity index is 2.36. The van der Waals surface area contributed by atoms with Crippen LogP contribution in [0.2, 0.25) is 10.0 Å². The predicted molar refractivity (Wildman–Crippen MR) is 75.6 cm³/mol. The zero-order chi connectivity index (χ0) is 13.1. The summed E-state index contributed by atoms with van der Waals surface area (Å²) in [6.45, 7) is 0. The molecule has 0 saturated carbocycles. The first-order valence-electron chi connectivity index (χ1n) is 4.99. The van der Waals surface area contributed by atoms with Crippen molar-refractivity contribution in [3.05, 3.63) is 40.6 Å². The molecule has 1 aromatic heterocycles. The number of halogens is 3. The highest BCUT2D eigenvalue weighted by molar-refractivity contribution is 6.33. The molecular weight excluding hydrogens is 295 g/mol. The molecule has 0 unspecified atom stereocenters. The van der Waals surface area contributed by atoms with Gasteiger partial charge in [0, 0.05) is 6.20 Å². The first-order chi connectivity index (χ1) is 8.60. The zero-order valence-electron chi connectivity index (χ0n) is 9.15. The molecule has 18 heavy (non-hydrogen) atoms. The van der Waals surface area contributed by atoms with E-state index in [-0.39, 0.29) is 5.88 Å². The number of aliphatic imine (C=N–C) groups is 1. The van der Waals surface area contributed by atoms with Gasteiger partial charge in [0.1, 0.15) is 5.84 Å². The summed E-state index contributed by atoms with van der Waals surface area (Å²) in [5, 5.41) is 5.11. The predicted octanol–water partition coefficient (Wildman–Crippen LogP) is 3.41. The maximum atomic E-state index is 6.15. The third-order valence-electron chi connectivity index (χ3n) is 2.14. The van der Waals surface area contributed by atoms with Gasteiger partial charge in [0.15, 0.2) is 0 Å². The Labute approximate surface area is 119 Å². The Kier molecular flexibility index (Phi) is 4.11. The molecule has 0 bridgehead atoms. The molecule has 94 valence electrons. The van der Waals surface area contributed by atoms with E-state index in [1.807, 2.05) is 0 Å². The summed E-state index contributed by atoms with van der Waals surface area (Å²) < 4.78 is 1.59. The third kappa shape index (κ3) is 2.96. The van der Waals surface area contributed by atoms with E-state index in [4.69, 9.17) is 40.5 Å². The highest BCUT2D eigenvalue weighted by Gasteiger charge is 2.05. The average Bonchev–Trinajstić information content (AvgIpc) is 2.75. The number of aromatic nitrogens is 2. The van der Waals surface area contributed by atoms with Crippen molar-refractivity contribution in [2.75, 3.05) is 5.88 Å². The molecule has 0 radical (unpaired) electrons. The second-order valence-electron chi connectivity index (χ2n) is 3.48. The average molecular weight is 304 g/mol. The van der Waals surface area contributed by atoms with Crippen LogP contribution in [0.1, 0.15) is 0 Å². The van der Waals surface area contributed by atoms with Crippen molar-refractivity contribution >= 4 is 46.3 Å². The van der Waals surface area contributed by atoms with Crippen LogP contribution in [0, 0.1) is 0 Å². The molecule has 4 nitrogen and oxygen atoms in total. The van der Waals surface area contributed by atoms with Crippen LogP contribution in [0.4, 0.5) is 5.69 Å². The van der Waals surface area contributed by atoms with Gasteiger partial charge in [0.05, 0.1) is 33.5 Å². The van der Waals surface area contributed by atoms with E-state index in [9.17, 15) is 0 Å². The van der Waals surface area contributed by atoms with Gasteiger partial charge < -0.3 is 5.73 Å². The van der Waals surface area contributed by atoms with Crippen molar-refractivity contribution in [1.82, 2.24) is 9.78 Å². The van der Waals surface area contributed by atoms with Crippen molar-refractivity contribution in [2.45, 2.75) is 0 Å². The van der Waals surface area contributed by atoms with Gasteiger partial charge in [-0.3, -0.25) is 0 Å². The first-order valence-corrected chi connectivity index (χ1v) is 6.28. The number of hydrogen-bond donors (Lipinski definition) is 1. The van der Waals surface area contributed by atoms with E-state index in [1.165, 1.54) is 6.20 Å². The summed E-state index contributed by atoms with van der Waals surface area (Å²) in [7, 11) is 0. The minimum Gasteiger partial charge on any atom is -0.386 e. The number of hydrogen-bond acceptors (Lipinski definition) is 2. The summed E-state index contributed by atoms with van der Waals surface area (Å²) in [5.74, 6) is 0.510. The summed E-state index contributed by atoms with van der Waals surface area (Å²) in [4.78, 5) is 4.10. The van der Waals surface area contributed by atoms with Crippen LogP contribution in [-0.2, 0) is 0 Å². The van der Waals surface area contributed by atoms with Crippen LogP contribution in [0.25, 0.3) is 5.69 Å². The van der Waals surface area contributed by atoms with Crippen molar-refractivity contribution in [3.63, 3.8) is 0 Å². The van der Waals surface area contributed by atoms with Crippen LogP contribution in [0.3, 0.4) is 0 Å². The van der Waals surface area contributed by atoms with E-state index in [1.54, 1.807) is 29.1 Å². The normalized spacial score (nSPS) is 11.8. The molecule has 7 heteroatoms. The van der Waals surface area contributed by atoms with Crippen molar-refractivity contribution < 1.29 is 0 Å². The number of rotatable bonds is 3. The monoisotopic (exact) mass is 302 g/mol. The van der Waals surface area contributed by atoms with Crippen LogP contribution in [0.15, 0.2) is 35.6 Å². The van der Waals surface area contributed by atoms with Gasteiger partial charge in [0.2, 0.25) is 0 Å². The van der Waals surface area contributed by atoms with E-state index in [0.29, 0.717) is 27.3 Å². The van der Waals surface area contributed by atoms with Gasteiger partial charge in [-0.05, 0) is 18.2 Å². The van der Waals surface area contributed by atoms with Gasteiger partial charge >= 0.3 is 0 Å². The minimum atomic E-state index is 0.175. The van der Waals surface area contributed by atoms with E-state index in [2.05, 4.69) is 10.1 Å². The maximum absolute atomic E-state index is 6.15. The molecular formula is C11H9Cl3N4. The number of amidine groups is 1. The van der Waals surface area contributed by atoms with Crippen molar-refractivity contribution in [3.8, 4) is 5.69 Å². The molecule has 0 fully saturated rings. The van der Waals surface area contributed by atoms with Crippen LogP contribution < -0.4 is 5.73 Å². The second-order valence-corrected chi connectivity index (χ2v) is 4.59. The largest absolute Gasteiger partial charge is 0.386 e. The van der Waals surface area contributed by atoms with E-state index in [0.717, 1.165) is 0 Å². The maximum Gasteiger partial charge on any atom is 0.115 e. The number of nitrogens with two attached hydrogens (primary N) is 1. The molecule has 2 N–H and O–H groups in total. The van der Waals surface area contributed by atoms with Gasteiger partial charge in [-0.1, -0.05) is 23.2 Å². The Hall–Kier alpha value is -1.23. The van der Waals surface area contributed by atoms with Crippen LogP contribution in [-0.4, -0.2) is 21.5 Å². The van der Waals surface area contributed by atoms with Crippen LogP contribution >= 0.6 is 34.8 Å². The van der Waals surface area contributed by atoms with Gasteiger partial charge in [-0.25, -0.2) is 9.67 Å². The van der Waals surface area contributed by atoms with Gasteiger partial charge in [0.25, 0.3) is 0 Å². The molecule has 0 aliphatic carbocycles. The molecule has 1 aromatic carbocycles. The number of nitrogens with zero attached hydrogens (tertiary/aromatic N) is 3. The lowest BCUT2D eigenvalue weighted by Crippen LogP contribution is -2.12. The summed E-state index contributed by atoms with van der Waals surface area (Å²) in [5.41, 5.74) is 6.90. The summed E-state index contributed by atoms with van der Waals surface area (Å²) in [6, 6.07) is 5.24. The highest BCUT2D eigenvalue weighted by atomic mass is 35.5. The fraction of sp³-hybridized carbons (Fsp3) is 0.0909. The molecule has 0 aliphatic heterocycles. The molecule has 0 amide bonds. The Morgan fingerprint density at radius 3 is 2.72 bits per heavy atom. The third-order valence-corrected chi connectivity index (χ3v) is 2.91. The smallest absolute Gasteiger partial charge is 0.115 e. The quantitative estimate of drug-likeness (QED) is 0.537. The lowest BCUT2D eigenvalue weighted by Gasteiger charge is -2.05. The molecule has 2 rings (SSSR count). The van der Waals surface area contributed by atoms with Crippen LogP contribution in [0.5, 0.6) is 0 Å². The fourth-order valence-corrected chi connectivity index (χ4v) is 1.84. The molecule has 0 spiro atoms. The van der Waals surface area contributed by atoms with Crippen molar-refractivity contribution in [2.24, 2.45) is 10.7 Å². The van der Waals surface area contributed by atoms with Gasteiger partial charge in [-0.15, -0.1) is 11.6 Å². The van der Waals surface area contributed by atoms with Gasteiger partial charge in [-0.2, -0.15) is 5.10 Å².